The largest absolute Gasteiger partial charge is 0.495 e. The summed E-state index contributed by atoms with van der Waals surface area (Å²) in [5.74, 6) is -1.47. The van der Waals surface area contributed by atoms with E-state index in [1.54, 1.807) is 12.1 Å². The number of benzene rings is 2. The van der Waals surface area contributed by atoms with Crippen LogP contribution in [-0.2, 0) is 4.79 Å². The van der Waals surface area contributed by atoms with Gasteiger partial charge in [-0.15, -0.1) is 0 Å². The van der Waals surface area contributed by atoms with Gasteiger partial charge in [-0.1, -0.05) is 23.7 Å². The topological polar surface area (TPSA) is 105 Å². The van der Waals surface area contributed by atoms with Crippen LogP contribution in [0.5, 0.6) is 5.75 Å². The summed E-state index contributed by atoms with van der Waals surface area (Å²) < 4.78 is 19.9. The first-order valence-electron chi connectivity index (χ1n) is 9.07. The van der Waals surface area contributed by atoms with Gasteiger partial charge in [-0.05, 0) is 42.0 Å². The Kier molecular flexibility index (Phi) is 5.35. The maximum absolute atomic E-state index is 13.3. The fourth-order valence-corrected chi connectivity index (χ4v) is 3.48. The first-order chi connectivity index (χ1) is 14.9. The number of aliphatic carboxylic acids is 1. The number of hydrogen-bond acceptors (Lipinski definition) is 5. The third-order valence-corrected chi connectivity index (χ3v) is 5.03. The summed E-state index contributed by atoms with van der Waals surface area (Å²) in [6.07, 6.45) is 2.78. The monoisotopic (exact) mass is 442 g/mol. The molecule has 0 aliphatic carbocycles. The van der Waals surface area contributed by atoms with Gasteiger partial charge in [-0.2, -0.15) is 5.10 Å². The highest BCUT2D eigenvalue weighted by atomic mass is 35.5. The molecule has 1 aromatic heterocycles. The Hall–Kier alpha value is -3.85. The molecule has 0 saturated heterocycles. The molecule has 1 amide bonds. The van der Waals surface area contributed by atoms with E-state index in [1.807, 2.05) is 0 Å². The van der Waals surface area contributed by atoms with Crippen molar-refractivity contribution in [1.82, 2.24) is 9.78 Å². The number of anilines is 2. The Morgan fingerprint density at radius 2 is 2.00 bits per heavy atom. The number of halogens is 2. The predicted molar refractivity (Wildman–Crippen MR) is 112 cm³/mol. The van der Waals surface area contributed by atoms with Crippen LogP contribution in [0.2, 0.25) is 5.02 Å². The van der Waals surface area contributed by atoms with Crippen LogP contribution in [-0.4, -0.2) is 33.9 Å². The Bertz CT molecular complexity index is 1210. The molecule has 0 radical (unpaired) electrons. The van der Waals surface area contributed by atoms with E-state index in [2.05, 4.69) is 15.7 Å². The van der Waals surface area contributed by atoms with E-state index in [1.165, 1.54) is 54.4 Å². The van der Waals surface area contributed by atoms with Gasteiger partial charge < -0.3 is 20.5 Å². The lowest BCUT2D eigenvalue weighted by molar-refractivity contribution is -0.132. The smallest absolute Gasteiger partial charge is 0.352 e. The Morgan fingerprint density at radius 1 is 1.26 bits per heavy atom. The van der Waals surface area contributed by atoms with Crippen LogP contribution >= 0.6 is 11.6 Å². The molecule has 2 aromatic carbocycles. The summed E-state index contributed by atoms with van der Waals surface area (Å²) >= 11 is 6.10. The Morgan fingerprint density at radius 3 is 2.65 bits per heavy atom. The number of carboxylic acid groups (broad SMARTS) is 1. The van der Waals surface area contributed by atoms with Gasteiger partial charge in [0.15, 0.2) is 0 Å². The molecule has 10 heteroatoms. The third kappa shape index (κ3) is 3.95. The number of ether oxygens (including phenoxy) is 1. The number of carboxylic acids is 1. The number of carbonyl (C=O) groups is 2. The minimum absolute atomic E-state index is 0.121. The van der Waals surface area contributed by atoms with E-state index in [9.17, 15) is 19.1 Å². The molecule has 0 unspecified atom stereocenters. The molecule has 1 aliphatic rings. The Labute approximate surface area is 180 Å². The van der Waals surface area contributed by atoms with E-state index in [-0.39, 0.29) is 17.1 Å². The number of aromatic nitrogens is 2. The van der Waals surface area contributed by atoms with Gasteiger partial charge in [0.05, 0.1) is 24.4 Å². The molecule has 0 fully saturated rings. The third-order valence-electron chi connectivity index (χ3n) is 4.73. The molecule has 2 heterocycles. The quantitative estimate of drug-likeness (QED) is 0.553. The average Bonchev–Trinajstić information content (AvgIpc) is 3.18. The van der Waals surface area contributed by atoms with E-state index in [0.29, 0.717) is 22.0 Å². The van der Waals surface area contributed by atoms with Crippen molar-refractivity contribution in [3.8, 4) is 5.75 Å². The predicted octanol–water partition coefficient (Wildman–Crippen LogP) is 3.92. The first-order valence-corrected chi connectivity index (χ1v) is 9.45. The van der Waals surface area contributed by atoms with Crippen molar-refractivity contribution in [3.63, 3.8) is 0 Å². The molecule has 4 rings (SSSR count). The van der Waals surface area contributed by atoms with Crippen molar-refractivity contribution >= 4 is 35.0 Å². The first kappa shape index (κ1) is 20.4. The molecule has 8 nitrogen and oxygen atoms in total. The normalized spacial score (nSPS) is 14.8. The summed E-state index contributed by atoms with van der Waals surface area (Å²) in [6, 6.07) is 9.74. The standard InChI is InChI=1S/C21H16ClFN4O4/c1-31-18-7-6-13(8-15(18)22)25-20(28)14-10-24-27-17(11-2-4-12(23)5-3-11)9-16(21(29)30)26-19(14)27/h2-10,17,26H,1H3,(H,25,28)(H,29,30)/t17-/m0/s1. The maximum atomic E-state index is 13.3. The van der Waals surface area contributed by atoms with E-state index >= 15 is 0 Å². The number of amides is 1. The van der Waals surface area contributed by atoms with Gasteiger partial charge in [0.2, 0.25) is 0 Å². The molecule has 3 N–H and O–H groups in total. The summed E-state index contributed by atoms with van der Waals surface area (Å²) in [4.78, 5) is 24.5. The van der Waals surface area contributed by atoms with Crippen LogP contribution in [0.15, 0.2) is 60.4 Å². The zero-order valence-electron chi connectivity index (χ0n) is 16.1. The SMILES string of the molecule is COc1ccc(NC(=O)c2cnn3c2NC(C(=O)O)=C[C@H]3c2ccc(F)cc2)cc1Cl. The number of carbonyl (C=O) groups excluding carboxylic acids is 1. The number of hydrogen-bond donors (Lipinski definition) is 3. The summed E-state index contributed by atoms with van der Waals surface area (Å²) in [7, 11) is 1.48. The van der Waals surface area contributed by atoms with Gasteiger partial charge in [-0.25, -0.2) is 13.9 Å². The lowest BCUT2D eigenvalue weighted by atomic mass is 10.0. The van der Waals surface area contributed by atoms with Crippen molar-refractivity contribution in [2.24, 2.45) is 0 Å². The van der Waals surface area contributed by atoms with Gasteiger partial charge in [0.25, 0.3) is 5.91 Å². The van der Waals surface area contributed by atoms with Crippen LogP contribution < -0.4 is 15.4 Å². The van der Waals surface area contributed by atoms with Crippen LogP contribution in [0.3, 0.4) is 0 Å². The molecule has 158 valence electrons. The lowest BCUT2D eigenvalue weighted by Gasteiger charge is -2.24. The zero-order valence-corrected chi connectivity index (χ0v) is 16.9. The second-order valence-corrected chi connectivity index (χ2v) is 7.07. The van der Waals surface area contributed by atoms with Crippen LogP contribution in [0, 0.1) is 5.82 Å². The average molecular weight is 443 g/mol. The second kappa shape index (κ2) is 8.11. The molecular weight excluding hydrogens is 427 g/mol. The fourth-order valence-electron chi connectivity index (χ4n) is 3.23. The van der Waals surface area contributed by atoms with Gasteiger partial charge in [0, 0.05) is 5.69 Å². The number of rotatable bonds is 5. The van der Waals surface area contributed by atoms with Gasteiger partial charge in [-0.3, -0.25) is 4.79 Å². The lowest BCUT2D eigenvalue weighted by Crippen LogP contribution is -2.25. The minimum Gasteiger partial charge on any atom is -0.495 e. The molecule has 1 atom stereocenters. The van der Waals surface area contributed by atoms with Crippen molar-refractivity contribution in [2.75, 3.05) is 17.7 Å². The fraction of sp³-hybridized carbons (Fsp3) is 0.0952. The van der Waals surface area contributed by atoms with Gasteiger partial charge in [0.1, 0.15) is 28.6 Å². The highest BCUT2D eigenvalue weighted by Crippen LogP contribution is 2.33. The van der Waals surface area contributed by atoms with Crippen molar-refractivity contribution in [1.29, 1.82) is 0 Å². The van der Waals surface area contributed by atoms with Crippen molar-refractivity contribution in [3.05, 3.63) is 82.4 Å². The number of fused-ring (bicyclic) bond motifs is 1. The van der Waals surface area contributed by atoms with Crippen LogP contribution in [0.25, 0.3) is 0 Å². The van der Waals surface area contributed by atoms with E-state index < -0.39 is 23.7 Å². The molecule has 31 heavy (non-hydrogen) atoms. The Balaban J connectivity index is 1.68. The summed E-state index contributed by atoms with van der Waals surface area (Å²) in [5, 5.41) is 19.5. The van der Waals surface area contributed by atoms with Crippen LogP contribution in [0.4, 0.5) is 15.9 Å². The second-order valence-electron chi connectivity index (χ2n) is 6.66. The summed E-state index contributed by atoms with van der Waals surface area (Å²) in [6.45, 7) is 0. The summed E-state index contributed by atoms with van der Waals surface area (Å²) in [5.41, 5.74) is 1.05. The van der Waals surface area contributed by atoms with Crippen molar-refractivity contribution < 1.29 is 23.8 Å². The number of allylic oxidation sites excluding steroid dienone is 1. The maximum Gasteiger partial charge on any atom is 0.352 e. The zero-order chi connectivity index (χ0) is 22.1. The molecule has 0 saturated carbocycles. The molecule has 3 aromatic rings. The molecule has 1 aliphatic heterocycles. The number of methoxy groups -OCH3 is 1. The number of nitrogens with zero attached hydrogens (tertiary/aromatic N) is 2. The highest BCUT2D eigenvalue weighted by molar-refractivity contribution is 6.32. The highest BCUT2D eigenvalue weighted by Gasteiger charge is 2.29. The van der Waals surface area contributed by atoms with Crippen molar-refractivity contribution in [2.45, 2.75) is 6.04 Å². The molecule has 0 spiro atoms. The minimum atomic E-state index is -1.20. The molecule has 0 bridgehead atoms. The van der Waals surface area contributed by atoms with Gasteiger partial charge >= 0.3 is 5.97 Å². The molecular formula is C21H16ClFN4O4. The van der Waals surface area contributed by atoms with E-state index in [0.717, 1.165) is 0 Å². The van der Waals surface area contributed by atoms with Crippen LogP contribution in [0.1, 0.15) is 22.0 Å². The number of nitrogens with one attached hydrogen (secondary N) is 2. The van der Waals surface area contributed by atoms with E-state index in [4.69, 9.17) is 16.3 Å².